The first kappa shape index (κ1) is 13.4. The number of amides is 1. The number of nitrogens with two attached hydrogens (primary N) is 2. The van der Waals surface area contributed by atoms with Gasteiger partial charge >= 0.3 is 0 Å². The van der Waals surface area contributed by atoms with Gasteiger partial charge < -0.3 is 16.2 Å². The van der Waals surface area contributed by atoms with E-state index < -0.39 is 5.91 Å². The van der Waals surface area contributed by atoms with E-state index in [0.717, 1.165) is 10.0 Å². The molecule has 0 saturated carbocycles. The highest BCUT2D eigenvalue weighted by Gasteiger charge is 2.10. The zero-order chi connectivity index (χ0) is 13.8. The van der Waals surface area contributed by atoms with Crippen molar-refractivity contribution < 1.29 is 9.53 Å². The summed E-state index contributed by atoms with van der Waals surface area (Å²) in [5.74, 6) is -0.127. The molecule has 0 aliphatic heterocycles. The molecule has 0 radical (unpaired) electrons. The summed E-state index contributed by atoms with van der Waals surface area (Å²) in [4.78, 5) is 11.3. The van der Waals surface area contributed by atoms with E-state index >= 15 is 0 Å². The summed E-state index contributed by atoms with van der Waals surface area (Å²) in [6.07, 6.45) is 0. The predicted molar refractivity (Wildman–Crippen MR) is 77.8 cm³/mol. The van der Waals surface area contributed by atoms with Crippen molar-refractivity contribution in [1.29, 1.82) is 0 Å². The summed E-state index contributed by atoms with van der Waals surface area (Å²) >= 11 is 3.39. The monoisotopic (exact) mass is 320 g/mol. The van der Waals surface area contributed by atoms with Crippen LogP contribution in [0.2, 0.25) is 0 Å². The van der Waals surface area contributed by atoms with Crippen LogP contribution in [0.25, 0.3) is 0 Å². The second-order valence-corrected chi connectivity index (χ2v) is 4.95. The number of ether oxygens (including phenoxy) is 1. The van der Waals surface area contributed by atoms with Crippen LogP contribution in [-0.2, 0) is 6.61 Å². The Bertz CT molecular complexity index is 614. The fourth-order valence-electron chi connectivity index (χ4n) is 1.65. The standard InChI is InChI=1S/C14H13BrN2O2/c15-10-3-1-2-9(6-10)8-19-13-5-4-11(16)7-12(13)14(17)18/h1-7H,8,16H2,(H2,17,18). The Balaban J connectivity index is 2.17. The number of hydrogen-bond acceptors (Lipinski definition) is 3. The summed E-state index contributed by atoms with van der Waals surface area (Å²) in [7, 11) is 0. The molecule has 0 aromatic heterocycles. The van der Waals surface area contributed by atoms with E-state index in [4.69, 9.17) is 16.2 Å². The molecule has 0 unspecified atom stereocenters. The summed E-state index contributed by atoms with van der Waals surface area (Å²) in [6, 6.07) is 12.6. The maximum Gasteiger partial charge on any atom is 0.252 e. The van der Waals surface area contributed by atoms with Crippen LogP contribution >= 0.6 is 15.9 Å². The lowest BCUT2D eigenvalue weighted by Crippen LogP contribution is -2.13. The van der Waals surface area contributed by atoms with E-state index in [1.807, 2.05) is 24.3 Å². The number of nitrogen functional groups attached to an aromatic ring is 1. The topological polar surface area (TPSA) is 78.3 Å². The molecular formula is C14H13BrN2O2. The number of carbonyl (C=O) groups excluding carboxylic acids is 1. The number of hydrogen-bond donors (Lipinski definition) is 2. The SMILES string of the molecule is NC(=O)c1cc(N)ccc1OCc1cccc(Br)c1. The summed E-state index contributed by atoms with van der Waals surface area (Å²) < 4.78 is 6.59. The van der Waals surface area contributed by atoms with Gasteiger partial charge in [0.05, 0.1) is 5.56 Å². The Morgan fingerprint density at radius 3 is 2.68 bits per heavy atom. The average Bonchev–Trinajstić information content (AvgIpc) is 2.37. The van der Waals surface area contributed by atoms with E-state index in [1.54, 1.807) is 12.1 Å². The minimum absolute atomic E-state index is 0.287. The molecule has 5 heteroatoms. The van der Waals surface area contributed by atoms with Gasteiger partial charge in [-0.15, -0.1) is 0 Å². The van der Waals surface area contributed by atoms with Crippen molar-refractivity contribution in [1.82, 2.24) is 0 Å². The number of carbonyl (C=O) groups is 1. The zero-order valence-corrected chi connectivity index (χ0v) is 11.7. The molecule has 2 aromatic rings. The first-order chi connectivity index (χ1) is 9.06. The maximum absolute atomic E-state index is 11.3. The van der Waals surface area contributed by atoms with Gasteiger partial charge in [0.1, 0.15) is 12.4 Å². The first-order valence-corrected chi connectivity index (χ1v) is 6.42. The molecule has 0 aliphatic rings. The molecule has 2 rings (SSSR count). The van der Waals surface area contributed by atoms with Gasteiger partial charge in [-0.1, -0.05) is 28.1 Å². The van der Waals surface area contributed by atoms with Gasteiger partial charge in [-0.25, -0.2) is 0 Å². The van der Waals surface area contributed by atoms with E-state index in [9.17, 15) is 4.79 Å². The molecule has 0 bridgehead atoms. The maximum atomic E-state index is 11.3. The Morgan fingerprint density at radius 1 is 1.21 bits per heavy atom. The van der Waals surface area contributed by atoms with Crippen LogP contribution in [0.3, 0.4) is 0 Å². The summed E-state index contributed by atoms with van der Waals surface area (Å²) in [5, 5.41) is 0. The molecule has 4 nitrogen and oxygen atoms in total. The van der Waals surface area contributed by atoms with Crippen molar-refractivity contribution in [3.8, 4) is 5.75 Å². The van der Waals surface area contributed by atoms with Crippen LogP contribution in [0.4, 0.5) is 5.69 Å². The van der Waals surface area contributed by atoms with Crippen LogP contribution in [0.15, 0.2) is 46.9 Å². The third-order valence-electron chi connectivity index (χ3n) is 2.55. The normalized spacial score (nSPS) is 10.2. The Labute approximate surface area is 119 Å². The Kier molecular flexibility index (Phi) is 4.06. The van der Waals surface area contributed by atoms with Crippen molar-refractivity contribution in [2.75, 3.05) is 5.73 Å². The number of benzene rings is 2. The van der Waals surface area contributed by atoms with Gasteiger partial charge in [0.2, 0.25) is 0 Å². The van der Waals surface area contributed by atoms with Crippen LogP contribution in [-0.4, -0.2) is 5.91 Å². The lowest BCUT2D eigenvalue weighted by Gasteiger charge is -2.10. The molecular weight excluding hydrogens is 308 g/mol. The predicted octanol–water partition coefficient (Wildman–Crippen LogP) is 2.71. The van der Waals surface area contributed by atoms with Crippen LogP contribution < -0.4 is 16.2 Å². The molecule has 0 aliphatic carbocycles. The number of rotatable bonds is 4. The lowest BCUT2D eigenvalue weighted by atomic mass is 10.1. The number of halogens is 1. The fourth-order valence-corrected chi connectivity index (χ4v) is 2.10. The minimum atomic E-state index is -0.559. The van der Waals surface area contributed by atoms with Crippen LogP contribution in [0.1, 0.15) is 15.9 Å². The molecule has 4 N–H and O–H groups in total. The van der Waals surface area contributed by atoms with Gasteiger partial charge in [0.15, 0.2) is 0 Å². The van der Waals surface area contributed by atoms with Gasteiger partial charge in [0.25, 0.3) is 5.91 Å². The first-order valence-electron chi connectivity index (χ1n) is 5.63. The van der Waals surface area contributed by atoms with Crippen molar-refractivity contribution >= 4 is 27.5 Å². The zero-order valence-electron chi connectivity index (χ0n) is 10.1. The third-order valence-corrected chi connectivity index (χ3v) is 3.05. The van der Waals surface area contributed by atoms with Crippen molar-refractivity contribution in [2.45, 2.75) is 6.61 Å². The van der Waals surface area contributed by atoms with E-state index in [0.29, 0.717) is 18.0 Å². The molecule has 0 fully saturated rings. The highest BCUT2D eigenvalue weighted by Crippen LogP contribution is 2.22. The molecule has 1 amide bonds. The fraction of sp³-hybridized carbons (Fsp3) is 0.0714. The van der Waals surface area contributed by atoms with E-state index in [-0.39, 0.29) is 5.56 Å². The number of anilines is 1. The molecule has 0 saturated heterocycles. The van der Waals surface area contributed by atoms with Gasteiger partial charge in [0, 0.05) is 10.2 Å². The quantitative estimate of drug-likeness (QED) is 0.850. The average molecular weight is 321 g/mol. The largest absolute Gasteiger partial charge is 0.488 e. The number of primary amides is 1. The summed E-state index contributed by atoms with van der Waals surface area (Å²) in [6.45, 7) is 0.351. The Hall–Kier alpha value is -2.01. The van der Waals surface area contributed by atoms with Crippen molar-refractivity contribution in [2.24, 2.45) is 5.73 Å². The van der Waals surface area contributed by atoms with Gasteiger partial charge in [-0.3, -0.25) is 4.79 Å². The molecule has 98 valence electrons. The van der Waals surface area contributed by atoms with Crippen molar-refractivity contribution in [3.05, 3.63) is 58.1 Å². The van der Waals surface area contributed by atoms with E-state index in [2.05, 4.69) is 15.9 Å². The van der Waals surface area contributed by atoms with Crippen LogP contribution in [0.5, 0.6) is 5.75 Å². The smallest absolute Gasteiger partial charge is 0.252 e. The highest BCUT2D eigenvalue weighted by atomic mass is 79.9. The highest BCUT2D eigenvalue weighted by molar-refractivity contribution is 9.10. The lowest BCUT2D eigenvalue weighted by molar-refractivity contribution is 0.0996. The van der Waals surface area contributed by atoms with Crippen molar-refractivity contribution in [3.63, 3.8) is 0 Å². The summed E-state index contributed by atoms with van der Waals surface area (Å²) in [5.41, 5.74) is 12.7. The van der Waals surface area contributed by atoms with Gasteiger partial charge in [-0.05, 0) is 35.9 Å². The molecule has 19 heavy (non-hydrogen) atoms. The third kappa shape index (κ3) is 3.48. The molecule has 2 aromatic carbocycles. The second-order valence-electron chi connectivity index (χ2n) is 4.04. The molecule has 0 heterocycles. The molecule has 0 spiro atoms. The Morgan fingerprint density at radius 2 is 2.00 bits per heavy atom. The molecule has 0 atom stereocenters. The van der Waals surface area contributed by atoms with Gasteiger partial charge in [-0.2, -0.15) is 0 Å². The minimum Gasteiger partial charge on any atom is -0.488 e. The van der Waals surface area contributed by atoms with E-state index in [1.165, 1.54) is 6.07 Å². The second kappa shape index (κ2) is 5.75. The van der Waals surface area contributed by atoms with Crippen LogP contribution in [0, 0.1) is 0 Å².